The van der Waals surface area contributed by atoms with Gasteiger partial charge < -0.3 is 5.32 Å². The Morgan fingerprint density at radius 2 is 2.05 bits per heavy atom. The molecule has 0 amide bonds. The molecule has 108 valence electrons. The molecule has 2 rings (SSSR count). The van der Waals surface area contributed by atoms with Crippen LogP contribution in [0.25, 0.3) is 0 Å². The van der Waals surface area contributed by atoms with Crippen molar-refractivity contribution in [1.82, 2.24) is 10.2 Å². The van der Waals surface area contributed by atoms with Crippen molar-refractivity contribution < 1.29 is 0 Å². The number of nitrogens with zero attached hydrogens (tertiary/aromatic N) is 1. The summed E-state index contributed by atoms with van der Waals surface area (Å²) in [4.78, 5) is 4.01. The summed E-state index contributed by atoms with van der Waals surface area (Å²) in [7, 11) is 0. The molecule has 0 saturated carbocycles. The molecule has 1 aromatic heterocycles. The topological polar surface area (TPSA) is 15.3 Å². The van der Waals surface area contributed by atoms with Crippen molar-refractivity contribution in [2.45, 2.75) is 58.7 Å². The van der Waals surface area contributed by atoms with Gasteiger partial charge in [0.25, 0.3) is 0 Å². The zero-order chi connectivity index (χ0) is 14.0. The van der Waals surface area contributed by atoms with Crippen LogP contribution in [-0.2, 0) is 6.42 Å². The fraction of sp³-hybridized carbons (Fsp3) is 0.733. The van der Waals surface area contributed by atoms with Gasteiger partial charge in [-0.15, -0.1) is 11.3 Å². The first-order valence-electron chi connectivity index (χ1n) is 7.26. The van der Waals surface area contributed by atoms with Crippen LogP contribution in [0, 0.1) is 0 Å². The molecule has 1 aromatic rings. The molecule has 4 heteroatoms. The van der Waals surface area contributed by atoms with E-state index in [2.05, 4.69) is 44.0 Å². The van der Waals surface area contributed by atoms with Crippen molar-refractivity contribution in [3.8, 4) is 0 Å². The summed E-state index contributed by atoms with van der Waals surface area (Å²) in [5.41, 5.74) is 1.44. The molecule has 0 radical (unpaired) electrons. The monoisotopic (exact) mass is 300 g/mol. The molecule has 1 N–H and O–H groups in total. The molecule has 1 heterocycles. The highest BCUT2D eigenvalue weighted by atomic mass is 35.5. The Bertz CT molecular complexity index is 406. The zero-order valence-electron chi connectivity index (χ0n) is 12.4. The van der Waals surface area contributed by atoms with Gasteiger partial charge in [0.15, 0.2) is 0 Å². The third-order valence-corrected chi connectivity index (χ3v) is 5.27. The molecule has 1 aliphatic carbocycles. The lowest BCUT2D eigenvalue weighted by molar-refractivity contribution is 0.174. The van der Waals surface area contributed by atoms with Gasteiger partial charge in [0.2, 0.25) is 0 Å². The van der Waals surface area contributed by atoms with E-state index in [9.17, 15) is 0 Å². The maximum atomic E-state index is 6.09. The molecule has 0 aliphatic heterocycles. The van der Waals surface area contributed by atoms with E-state index in [0.717, 1.165) is 17.4 Å². The first-order valence-corrected chi connectivity index (χ1v) is 8.45. The fourth-order valence-corrected chi connectivity index (χ4v) is 4.38. The molecule has 19 heavy (non-hydrogen) atoms. The summed E-state index contributed by atoms with van der Waals surface area (Å²) in [5.74, 6) is 0. The molecule has 2 nitrogen and oxygen atoms in total. The van der Waals surface area contributed by atoms with Gasteiger partial charge in [0.05, 0.1) is 4.34 Å². The molecule has 1 aliphatic rings. The van der Waals surface area contributed by atoms with E-state index in [1.165, 1.54) is 23.3 Å². The molecule has 0 saturated heterocycles. The second kappa shape index (κ2) is 6.57. The van der Waals surface area contributed by atoms with Crippen LogP contribution < -0.4 is 5.32 Å². The normalized spacial score (nSPS) is 18.8. The van der Waals surface area contributed by atoms with Crippen LogP contribution in [0.15, 0.2) is 6.07 Å². The second-order valence-electron chi connectivity index (χ2n) is 5.90. The number of fused-ring (bicyclic) bond motifs is 1. The summed E-state index contributed by atoms with van der Waals surface area (Å²) in [6.07, 6.45) is 2.41. The summed E-state index contributed by atoms with van der Waals surface area (Å²) in [6.45, 7) is 11.2. The van der Waals surface area contributed by atoms with Crippen molar-refractivity contribution in [2.75, 3.05) is 13.1 Å². The Labute approximate surface area is 126 Å². The van der Waals surface area contributed by atoms with Gasteiger partial charge in [-0.3, -0.25) is 4.90 Å². The number of rotatable bonds is 6. The standard InChI is InChI=1S/C15H25ClN2S/c1-10(2)18(11(3)4)8-7-17-13-5-6-14-12(13)9-15(16)19-14/h9-11,13,17H,5-8H2,1-4H3. The Hall–Kier alpha value is -0.0900. The highest BCUT2D eigenvalue weighted by molar-refractivity contribution is 7.16. The highest BCUT2D eigenvalue weighted by Crippen LogP contribution is 2.39. The fourth-order valence-electron chi connectivity index (χ4n) is 3.02. The minimum atomic E-state index is 0.514. The SMILES string of the molecule is CC(C)N(CCNC1CCc2sc(Cl)cc21)C(C)C. The first kappa shape index (κ1) is 15.3. The van der Waals surface area contributed by atoms with E-state index in [1.54, 1.807) is 11.3 Å². The van der Waals surface area contributed by atoms with E-state index >= 15 is 0 Å². The van der Waals surface area contributed by atoms with Crippen LogP contribution in [0.4, 0.5) is 0 Å². The number of aryl methyl sites for hydroxylation is 1. The van der Waals surface area contributed by atoms with Crippen molar-refractivity contribution in [2.24, 2.45) is 0 Å². The number of hydrogen-bond donors (Lipinski definition) is 1. The molecule has 0 bridgehead atoms. The molecule has 0 fully saturated rings. The van der Waals surface area contributed by atoms with Crippen molar-refractivity contribution >= 4 is 22.9 Å². The third kappa shape index (κ3) is 3.72. The largest absolute Gasteiger partial charge is 0.309 e. The maximum Gasteiger partial charge on any atom is 0.0934 e. The summed E-state index contributed by atoms with van der Waals surface area (Å²) < 4.78 is 0.933. The molecular formula is C15H25ClN2S. The van der Waals surface area contributed by atoms with Crippen LogP contribution in [0.2, 0.25) is 4.34 Å². The summed E-state index contributed by atoms with van der Waals surface area (Å²) >= 11 is 7.84. The molecule has 1 atom stereocenters. The van der Waals surface area contributed by atoms with Gasteiger partial charge >= 0.3 is 0 Å². The molecule has 0 spiro atoms. The number of nitrogens with one attached hydrogen (secondary N) is 1. The van der Waals surface area contributed by atoms with Crippen LogP contribution in [0.3, 0.4) is 0 Å². The third-order valence-electron chi connectivity index (χ3n) is 3.93. The average molecular weight is 301 g/mol. The van der Waals surface area contributed by atoms with Gasteiger partial charge in [0.1, 0.15) is 0 Å². The Kier molecular flexibility index (Phi) is 5.29. The second-order valence-corrected chi connectivity index (χ2v) is 7.67. The van der Waals surface area contributed by atoms with Crippen molar-refractivity contribution in [1.29, 1.82) is 0 Å². The first-order chi connectivity index (χ1) is 8.99. The molecular weight excluding hydrogens is 276 g/mol. The lowest BCUT2D eigenvalue weighted by atomic mass is 10.1. The average Bonchev–Trinajstić information content (AvgIpc) is 2.83. The van der Waals surface area contributed by atoms with Gasteiger partial charge in [-0.05, 0) is 52.2 Å². The summed E-state index contributed by atoms with van der Waals surface area (Å²) in [5, 5.41) is 3.70. The Balaban J connectivity index is 1.84. The number of thiophene rings is 1. The van der Waals surface area contributed by atoms with Crippen molar-refractivity contribution in [3.63, 3.8) is 0 Å². The lowest BCUT2D eigenvalue weighted by Crippen LogP contribution is -2.41. The van der Waals surface area contributed by atoms with E-state index in [4.69, 9.17) is 11.6 Å². The number of hydrogen-bond acceptors (Lipinski definition) is 3. The van der Waals surface area contributed by atoms with Gasteiger partial charge in [0, 0.05) is 36.1 Å². The van der Waals surface area contributed by atoms with Crippen LogP contribution >= 0.6 is 22.9 Å². The minimum Gasteiger partial charge on any atom is -0.309 e. The molecule has 1 unspecified atom stereocenters. The Morgan fingerprint density at radius 1 is 1.37 bits per heavy atom. The Morgan fingerprint density at radius 3 is 2.68 bits per heavy atom. The zero-order valence-corrected chi connectivity index (χ0v) is 13.9. The maximum absolute atomic E-state index is 6.09. The predicted molar refractivity (Wildman–Crippen MR) is 85.4 cm³/mol. The summed E-state index contributed by atoms with van der Waals surface area (Å²) in [6, 6.07) is 3.88. The van der Waals surface area contributed by atoms with E-state index in [1.807, 2.05) is 0 Å². The quantitative estimate of drug-likeness (QED) is 0.851. The van der Waals surface area contributed by atoms with Crippen molar-refractivity contribution in [3.05, 3.63) is 20.8 Å². The van der Waals surface area contributed by atoms with Gasteiger partial charge in [-0.25, -0.2) is 0 Å². The van der Waals surface area contributed by atoms with E-state index < -0.39 is 0 Å². The van der Waals surface area contributed by atoms with Gasteiger partial charge in [-0.2, -0.15) is 0 Å². The van der Waals surface area contributed by atoms with E-state index in [0.29, 0.717) is 18.1 Å². The minimum absolute atomic E-state index is 0.514. The smallest absolute Gasteiger partial charge is 0.0934 e. The van der Waals surface area contributed by atoms with E-state index in [-0.39, 0.29) is 0 Å². The molecule has 0 aromatic carbocycles. The van der Waals surface area contributed by atoms with Crippen LogP contribution in [-0.4, -0.2) is 30.1 Å². The van der Waals surface area contributed by atoms with Crippen LogP contribution in [0.1, 0.15) is 50.6 Å². The van der Waals surface area contributed by atoms with Crippen LogP contribution in [0.5, 0.6) is 0 Å². The number of halogens is 1. The van der Waals surface area contributed by atoms with Gasteiger partial charge in [-0.1, -0.05) is 11.6 Å². The predicted octanol–water partition coefficient (Wildman–Crippen LogP) is 4.10. The lowest BCUT2D eigenvalue weighted by Gasteiger charge is -2.31. The highest BCUT2D eigenvalue weighted by Gasteiger charge is 2.24.